The number of hydrogen-bond acceptors (Lipinski definition) is 4. The number of carbonyl (C=O) groups is 2. The summed E-state index contributed by atoms with van der Waals surface area (Å²) >= 11 is 0. The number of likely N-dealkylation sites (tertiary alicyclic amines) is 1. The van der Waals surface area contributed by atoms with Crippen LogP contribution in [0.25, 0.3) is 16.8 Å². The van der Waals surface area contributed by atoms with Crippen molar-refractivity contribution in [2.45, 2.75) is 59.0 Å². The second-order valence-electron chi connectivity index (χ2n) is 11.7. The van der Waals surface area contributed by atoms with E-state index in [0.29, 0.717) is 31.5 Å². The van der Waals surface area contributed by atoms with Gasteiger partial charge in [0.2, 0.25) is 0 Å². The molecule has 0 spiro atoms. The molecule has 1 saturated heterocycles. The fourth-order valence-corrected chi connectivity index (χ4v) is 5.30. The molecule has 7 nitrogen and oxygen atoms in total. The van der Waals surface area contributed by atoms with Crippen LogP contribution in [0.1, 0.15) is 66.7 Å². The van der Waals surface area contributed by atoms with E-state index in [1.54, 1.807) is 11.1 Å². The number of benzene rings is 3. The number of aromatic nitrogens is 2. The van der Waals surface area contributed by atoms with Crippen LogP contribution < -0.4 is 5.32 Å². The van der Waals surface area contributed by atoms with Gasteiger partial charge in [0.05, 0.1) is 23.1 Å². The molecule has 7 heteroatoms. The summed E-state index contributed by atoms with van der Waals surface area (Å²) in [5.74, 6) is -0.157. The average molecular weight is 551 g/mol. The number of nitrogens with one attached hydrogen (secondary N) is 1. The molecule has 2 amide bonds. The van der Waals surface area contributed by atoms with Gasteiger partial charge >= 0.3 is 6.09 Å². The van der Waals surface area contributed by atoms with Crippen LogP contribution in [0.15, 0.2) is 79.0 Å². The van der Waals surface area contributed by atoms with Gasteiger partial charge in [-0.15, -0.1) is 0 Å². The quantitative estimate of drug-likeness (QED) is 0.279. The molecular formula is C34H38N4O3. The van der Waals surface area contributed by atoms with E-state index in [4.69, 9.17) is 9.84 Å². The maximum absolute atomic E-state index is 13.9. The van der Waals surface area contributed by atoms with Crippen LogP contribution in [0.5, 0.6) is 0 Å². The van der Waals surface area contributed by atoms with E-state index in [1.807, 2.05) is 86.1 Å². The van der Waals surface area contributed by atoms with Gasteiger partial charge in [-0.1, -0.05) is 54.6 Å². The minimum absolute atomic E-state index is 0.0444. The molecule has 1 aliphatic rings. The number of para-hydroxylation sites is 1. The van der Waals surface area contributed by atoms with E-state index >= 15 is 0 Å². The summed E-state index contributed by atoms with van der Waals surface area (Å²) in [5, 5.41) is 7.89. The molecule has 0 radical (unpaired) electrons. The van der Waals surface area contributed by atoms with Crippen LogP contribution in [0.4, 0.5) is 10.5 Å². The van der Waals surface area contributed by atoms with Crippen LogP contribution in [0.2, 0.25) is 0 Å². The van der Waals surface area contributed by atoms with Gasteiger partial charge in [-0.2, -0.15) is 5.10 Å². The molecule has 3 aromatic carbocycles. The van der Waals surface area contributed by atoms with Gasteiger partial charge in [-0.3, -0.25) is 4.79 Å². The molecule has 1 N–H and O–H groups in total. The number of piperidine rings is 1. The number of ether oxygens (including phenoxy) is 1. The van der Waals surface area contributed by atoms with E-state index in [1.165, 1.54) is 5.56 Å². The lowest BCUT2D eigenvalue weighted by atomic mass is 9.90. The van der Waals surface area contributed by atoms with Crippen LogP contribution in [-0.2, 0) is 4.74 Å². The Labute approximate surface area is 242 Å². The molecular weight excluding hydrogens is 512 g/mol. The number of anilines is 1. The summed E-state index contributed by atoms with van der Waals surface area (Å²) in [5.41, 5.74) is 6.87. The molecule has 1 fully saturated rings. The Morgan fingerprint density at radius 3 is 2.27 bits per heavy atom. The Morgan fingerprint density at radius 1 is 0.902 bits per heavy atom. The Balaban J connectivity index is 1.47. The lowest BCUT2D eigenvalue weighted by molar-refractivity contribution is 0.0203. The minimum Gasteiger partial charge on any atom is -0.444 e. The highest BCUT2D eigenvalue weighted by molar-refractivity contribution is 6.07. The van der Waals surface area contributed by atoms with E-state index < -0.39 is 5.60 Å². The minimum atomic E-state index is -0.544. The van der Waals surface area contributed by atoms with Gasteiger partial charge in [0.25, 0.3) is 5.91 Å². The maximum Gasteiger partial charge on any atom is 0.410 e. The zero-order chi connectivity index (χ0) is 29.1. The van der Waals surface area contributed by atoms with Gasteiger partial charge in [0.15, 0.2) is 0 Å². The van der Waals surface area contributed by atoms with E-state index in [-0.39, 0.29) is 17.9 Å². The van der Waals surface area contributed by atoms with Crippen molar-refractivity contribution in [2.75, 3.05) is 18.4 Å². The monoisotopic (exact) mass is 550 g/mol. The lowest BCUT2D eigenvalue weighted by Gasteiger charge is -2.34. The smallest absolute Gasteiger partial charge is 0.410 e. The standard InChI is InChI=1S/C34H38N4O3/c1-23-15-16-27(21-24(23)2)38-31(26-17-19-37(20-18-26)33(40)41-34(3,4)5)29(22-35-38)32(39)36-30-14-10-9-13-28(30)25-11-7-6-8-12-25/h6-16,21-22,26H,17-20H2,1-5H3,(H,36,39). The summed E-state index contributed by atoms with van der Waals surface area (Å²) < 4.78 is 7.50. The van der Waals surface area contributed by atoms with Gasteiger partial charge < -0.3 is 15.0 Å². The summed E-state index contributed by atoms with van der Waals surface area (Å²) in [6, 6.07) is 24.1. The fraction of sp³-hybridized carbons (Fsp3) is 0.324. The van der Waals surface area contributed by atoms with E-state index in [0.717, 1.165) is 33.8 Å². The highest BCUT2D eigenvalue weighted by Crippen LogP contribution is 2.34. The molecule has 5 rings (SSSR count). The van der Waals surface area contributed by atoms with Crippen molar-refractivity contribution >= 4 is 17.7 Å². The summed E-state index contributed by atoms with van der Waals surface area (Å²) in [6.45, 7) is 10.9. The van der Waals surface area contributed by atoms with E-state index in [9.17, 15) is 9.59 Å². The Hall–Kier alpha value is -4.39. The summed E-state index contributed by atoms with van der Waals surface area (Å²) in [7, 11) is 0. The summed E-state index contributed by atoms with van der Waals surface area (Å²) in [6.07, 6.45) is 2.78. The predicted molar refractivity (Wildman–Crippen MR) is 163 cm³/mol. The van der Waals surface area contributed by atoms with Crippen molar-refractivity contribution < 1.29 is 14.3 Å². The molecule has 1 aromatic heterocycles. The summed E-state index contributed by atoms with van der Waals surface area (Å²) in [4.78, 5) is 28.4. The van der Waals surface area contributed by atoms with Gasteiger partial charge in [0, 0.05) is 30.3 Å². The van der Waals surface area contributed by atoms with Crippen molar-refractivity contribution in [1.82, 2.24) is 14.7 Å². The zero-order valence-corrected chi connectivity index (χ0v) is 24.5. The molecule has 1 aliphatic heterocycles. The molecule has 4 aromatic rings. The third-order valence-electron chi connectivity index (χ3n) is 7.58. The van der Waals surface area contributed by atoms with E-state index in [2.05, 4.69) is 31.3 Å². The number of rotatable bonds is 5. The molecule has 0 saturated carbocycles. The predicted octanol–water partition coefficient (Wildman–Crippen LogP) is 7.52. The third kappa shape index (κ3) is 6.35. The molecule has 0 unspecified atom stereocenters. The van der Waals surface area contributed by atoms with Crippen LogP contribution in [0.3, 0.4) is 0 Å². The molecule has 0 atom stereocenters. The number of amides is 2. The maximum atomic E-state index is 13.9. The molecule has 212 valence electrons. The highest BCUT2D eigenvalue weighted by atomic mass is 16.6. The fourth-order valence-electron chi connectivity index (χ4n) is 5.30. The Morgan fingerprint density at radius 2 is 1.59 bits per heavy atom. The normalized spacial score (nSPS) is 14.1. The first-order chi connectivity index (χ1) is 19.6. The zero-order valence-electron chi connectivity index (χ0n) is 24.5. The number of nitrogens with zero attached hydrogens (tertiary/aromatic N) is 3. The van der Waals surface area contributed by atoms with Gasteiger partial charge in [0.1, 0.15) is 5.60 Å². The molecule has 0 bridgehead atoms. The van der Waals surface area contributed by atoms with Crippen molar-refractivity contribution in [2.24, 2.45) is 0 Å². The Bertz CT molecular complexity index is 1540. The second kappa shape index (κ2) is 11.6. The third-order valence-corrected chi connectivity index (χ3v) is 7.58. The first-order valence-electron chi connectivity index (χ1n) is 14.2. The van der Waals surface area contributed by atoms with Crippen molar-refractivity contribution in [1.29, 1.82) is 0 Å². The molecule has 41 heavy (non-hydrogen) atoms. The van der Waals surface area contributed by atoms with Gasteiger partial charge in [-0.25, -0.2) is 9.48 Å². The van der Waals surface area contributed by atoms with Crippen molar-refractivity contribution in [3.05, 3.63) is 101 Å². The molecule has 0 aliphatic carbocycles. The Kier molecular flexibility index (Phi) is 7.97. The number of hydrogen-bond donors (Lipinski definition) is 1. The van der Waals surface area contributed by atoms with Crippen LogP contribution in [-0.4, -0.2) is 45.4 Å². The first-order valence-corrected chi connectivity index (χ1v) is 14.2. The average Bonchev–Trinajstić information content (AvgIpc) is 3.40. The molecule has 2 heterocycles. The van der Waals surface area contributed by atoms with Crippen LogP contribution in [0, 0.1) is 13.8 Å². The van der Waals surface area contributed by atoms with Crippen LogP contribution >= 0.6 is 0 Å². The SMILES string of the molecule is Cc1ccc(-n2ncc(C(=O)Nc3ccccc3-c3ccccc3)c2C2CCN(C(=O)OC(C)(C)C)CC2)cc1C. The lowest BCUT2D eigenvalue weighted by Crippen LogP contribution is -2.41. The van der Waals surface area contributed by atoms with Crippen molar-refractivity contribution in [3.63, 3.8) is 0 Å². The number of aryl methyl sites for hydroxylation is 2. The first kappa shape index (κ1) is 28.1. The highest BCUT2D eigenvalue weighted by Gasteiger charge is 2.32. The van der Waals surface area contributed by atoms with Crippen molar-refractivity contribution in [3.8, 4) is 16.8 Å². The van der Waals surface area contributed by atoms with Gasteiger partial charge in [-0.05, 0) is 82.3 Å². The largest absolute Gasteiger partial charge is 0.444 e. The number of carbonyl (C=O) groups excluding carboxylic acids is 2. The second-order valence-corrected chi connectivity index (χ2v) is 11.7. The topological polar surface area (TPSA) is 76.5 Å².